The Labute approximate surface area is 192 Å². The summed E-state index contributed by atoms with van der Waals surface area (Å²) in [6.07, 6.45) is -6.74. The minimum absolute atomic E-state index is 0.0426. The largest absolute Gasteiger partial charge is 0.416 e. The van der Waals surface area contributed by atoms with Gasteiger partial charge in [0.2, 0.25) is 0 Å². The predicted octanol–water partition coefficient (Wildman–Crippen LogP) is 7.98. The zero-order chi connectivity index (χ0) is 25.0. The van der Waals surface area contributed by atoms with Crippen molar-refractivity contribution in [2.24, 2.45) is 11.3 Å². The van der Waals surface area contributed by atoms with E-state index in [4.69, 9.17) is 0 Å². The molecule has 8 heteroatoms. The van der Waals surface area contributed by atoms with Gasteiger partial charge >= 0.3 is 12.4 Å². The van der Waals surface area contributed by atoms with Gasteiger partial charge in [-0.25, -0.2) is 0 Å². The van der Waals surface area contributed by atoms with Gasteiger partial charge in [-0.3, -0.25) is 4.90 Å². The molecule has 1 heterocycles. The molecule has 33 heavy (non-hydrogen) atoms. The van der Waals surface area contributed by atoms with E-state index in [9.17, 15) is 31.1 Å². The van der Waals surface area contributed by atoms with Gasteiger partial charge in [0.05, 0.1) is 5.56 Å². The Morgan fingerprint density at radius 3 is 2.06 bits per heavy atom. The van der Waals surface area contributed by atoms with Gasteiger partial charge in [-0.1, -0.05) is 32.9 Å². The summed E-state index contributed by atoms with van der Waals surface area (Å²) >= 11 is 0. The number of ketones is 1. The first kappa shape index (κ1) is 27.7. The number of hydrogen-bond donors (Lipinski definition) is 0. The number of nitrogens with zero attached hydrogens (tertiary/aromatic N) is 1. The molecular weight excluding hydrogens is 444 g/mol. The monoisotopic (exact) mass is 479 g/mol. The van der Waals surface area contributed by atoms with Crippen molar-refractivity contribution >= 4 is 5.78 Å². The zero-order valence-electron chi connectivity index (χ0n) is 19.8. The Hall–Kier alpha value is -1.57. The quantitative estimate of drug-likeness (QED) is 0.352. The van der Waals surface area contributed by atoms with Crippen molar-refractivity contribution < 1.29 is 31.1 Å². The number of likely N-dealkylation sites (tertiary alicyclic amines) is 1. The molecule has 1 fully saturated rings. The lowest BCUT2D eigenvalue weighted by Gasteiger charge is -2.45. The minimum atomic E-state index is -4.45. The normalized spacial score (nSPS) is 21.8. The topological polar surface area (TPSA) is 20.3 Å². The van der Waals surface area contributed by atoms with Crippen molar-refractivity contribution in [2.75, 3.05) is 6.54 Å². The second-order valence-electron chi connectivity index (χ2n) is 10.6. The Morgan fingerprint density at radius 1 is 1.00 bits per heavy atom. The molecule has 1 aromatic carbocycles. The van der Waals surface area contributed by atoms with Gasteiger partial charge in [-0.2, -0.15) is 26.3 Å². The summed E-state index contributed by atoms with van der Waals surface area (Å²) in [5.41, 5.74) is -0.146. The van der Waals surface area contributed by atoms with Crippen molar-refractivity contribution in [3.63, 3.8) is 0 Å². The highest BCUT2D eigenvalue weighted by Crippen LogP contribution is 2.41. The Morgan fingerprint density at radius 2 is 1.58 bits per heavy atom. The molecule has 2 nitrogen and oxygen atoms in total. The van der Waals surface area contributed by atoms with E-state index in [1.807, 2.05) is 20.8 Å². The molecule has 0 aromatic heterocycles. The van der Waals surface area contributed by atoms with Crippen LogP contribution in [0.2, 0.25) is 0 Å². The summed E-state index contributed by atoms with van der Waals surface area (Å²) in [5.74, 6) is 0.109. The van der Waals surface area contributed by atoms with Crippen molar-refractivity contribution in [2.45, 2.75) is 97.1 Å². The molecule has 1 aliphatic heterocycles. The smallest absolute Gasteiger partial charge is 0.300 e. The number of alkyl halides is 6. The van der Waals surface area contributed by atoms with E-state index in [0.29, 0.717) is 37.8 Å². The maximum absolute atomic E-state index is 13.1. The molecule has 0 aliphatic carbocycles. The van der Waals surface area contributed by atoms with E-state index in [0.717, 1.165) is 18.6 Å². The highest BCUT2D eigenvalue weighted by Gasteiger charge is 2.37. The maximum atomic E-state index is 13.1. The van der Waals surface area contributed by atoms with Crippen LogP contribution in [-0.2, 0) is 11.0 Å². The summed E-state index contributed by atoms with van der Waals surface area (Å²) in [5, 5.41) is 0. The van der Waals surface area contributed by atoms with Gasteiger partial charge in [-0.15, -0.1) is 0 Å². The molecule has 3 atom stereocenters. The molecule has 0 N–H and O–H groups in total. The molecule has 0 radical (unpaired) electrons. The van der Waals surface area contributed by atoms with Crippen LogP contribution in [0, 0.1) is 11.3 Å². The van der Waals surface area contributed by atoms with E-state index < -0.39 is 24.3 Å². The minimum Gasteiger partial charge on any atom is -0.300 e. The van der Waals surface area contributed by atoms with Gasteiger partial charge in [0, 0.05) is 24.9 Å². The molecule has 1 aromatic rings. The first-order valence-corrected chi connectivity index (χ1v) is 11.5. The van der Waals surface area contributed by atoms with E-state index in [2.05, 4.69) is 4.90 Å². The number of carbonyl (C=O) groups excluding carboxylic acids is 1. The molecule has 1 aliphatic rings. The van der Waals surface area contributed by atoms with Crippen LogP contribution in [0.1, 0.15) is 89.8 Å². The SMILES string of the molecule is CC(=O)C[C@@H]1CCN([C@H](CCC(C)(C)C)CCC(F)(F)F)[C@H](c2ccc(C(F)(F)F)cc2)C1. The molecule has 1 saturated heterocycles. The van der Waals surface area contributed by atoms with Gasteiger partial charge in [0.25, 0.3) is 0 Å². The lowest BCUT2D eigenvalue weighted by Crippen LogP contribution is -2.44. The van der Waals surface area contributed by atoms with E-state index >= 15 is 0 Å². The van der Waals surface area contributed by atoms with Gasteiger partial charge in [-0.05, 0) is 74.6 Å². The van der Waals surface area contributed by atoms with Crippen LogP contribution in [-0.4, -0.2) is 29.4 Å². The number of halogens is 6. The molecule has 0 saturated carbocycles. The number of hydrogen-bond acceptors (Lipinski definition) is 2. The highest BCUT2D eigenvalue weighted by molar-refractivity contribution is 5.75. The molecular formula is C25H35F6NO. The van der Waals surface area contributed by atoms with Crippen molar-refractivity contribution in [1.82, 2.24) is 4.90 Å². The fraction of sp³-hybridized carbons (Fsp3) is 0.720. The van der Waals surface area contributed by atoms with Crippen molar-refractivity contribution in [1.29, 1.82) is 0 Å². The number of rotatable bonds is 8. The van der Waals surface area contributed by atoms with Crippen LogP contribution < -0.4 is 0 Å². The second kappa shape index (κ2) is 10.8. The van der Waals surface area contributed by atoms with Gasteiger partial charge in [0.1, 0.15) is 5.78 Å². The third-order valence-electron chi connectivity index (χ3n) is 6.41. The number of piperidine rings is 1. The second-order valence-corrected chi connectivity index (χ2v) is 10.6. The van der Waals surface area contributed by atoms with E-state index in [1.165, 1.54) is 19.1 Å². The van der Waals surface area contributed by atoms with E-state index in [1.54, 1.807) is 0 Å². The van der Waals surface area contributed by atoms with Crippen LogP contribution in [0.5, 0.6) is 0 Å². The highest BCUT2D eigenvalue weighted by atomic mass is 19.4. The van der Waals surface area contributed by atoms with Gasteiger partial charge < -0.3 is 4.79 Å². The van der Waals surface area contributed by atoms with Crippen LogP contribution in [0.3, 0.4) is 0 Å². The molecule has 0 spiro atoms. The lowest BCUT2D eigenvalue weighted by molar-refractivity contribution is -0.140. The van der Waals surface area contributed by atoms with Crippen LogP contribution in [0.15, 0.2) is 24.3 Å². The summed E-state index contributed by atoms with van der Waals surface area (Å²) in [7, 11) is 0. The maximum Gasteiger partial charge on any atom is 0.416 e. The number of carbonyl (C=O) groups is 1. The third kappa shape index (κ3) is 9.30. The van der Waals surface area contributed by atoms with Crippen LogP contribution in [0.25, 0.3) is 0 Å². The summed E-state index contributed by atoms with van der Waals surface area (Å²) in [6, 6.07) is 4.27. The molecule has 2 rings (SSSR count). The fourth-order valence-electron chi connectivity index (χ4n) is 4.71. The van der Waals surface area contributed by atoms with Crippen molar-refractivity contribution in [3.05, 3.63) is 35.4 Å². The molecule has 0 amide bonds. The lowest BCUT2D eigenvalue weighted by atomic mass is 9.81. The predicted molar refractivity (Wildman–Crippen MR) is 117 cm³/mol. The average molecular weight is 480 g/mol. The fourth-order valence-corrected chi connectivity index (χ4v) is 4.71. The third-order valence-corrected chi connectivity index (χ3v) is 6.41. The summed E-state index contributed by atoms with van der Waals surface area (Å²) in [6.45, 7) is 8.16. The summed E-state index contributed by atoms with van der Waals surface area (Å²) in [4.78, 5) is 13.7. The summed E-state index contributed by atoms with van der Waals surface area (Å²) < 4.78 is 78.4. The first-order chi connectivity index (χ1) is 15.0. The first-order valence-electron chi connectivity index (χ1n) is 11.5. The van der Waals surface area contributed by atoms with Crippen LogP contribution in [0.4, 0.5) is 26.3 Å². The Balaban J connectivity index is 2.35. The van der Waals surface area contributed by atoms with Gasteiger partial charge in [0.15, 0.2) is 0 Å². The molecule has 188 valence electrons. The number of Topliss-reactive ketones (excluding diaryl/α,β-unsaturated/α-hetero) is 1. The zero-order valence-corrected chi connectivity index (χ0v) is 19.8. The van der Waals surface area contributed by atoms with Crippen LogP contribution >= 0.6 is 0 Å². The standard InChI is InChI=1S/C25H35F6NO/c1-17(33)15-18-11-14-32(21(9-12-23(2,3)4)10-13-24(26,27)28)22(16-18)19-5-7-20(8-6-19)25(29,30)31/h5-8,18,21-22H,9-16H2,1-4H3/t18-,21+,22-/m0/s1. The molecule has 0 unspecified atom stereocenters. The Kier molecular flexibility index (Phi) is 9.05. The number of benzene rings is 1. The van der Waals surface area contributed by atoms with E-state index in [-0.39, 0.29) is 35.6 Å². The Bertz CT molecular complexity index is 745. The average Bonchev–Trinajstić information content (AvgIpc) is 2.66. The molecule has 0 bridgehead atoms. The van der Waals surface area contributed by atoms with Crippen molar-refractivity contribution in [3.8, 4) is 0 Å².